The predicted octanol–water partition coefficient (Wildman–Crippen LogP) is 0.841. The minimum Gasteiger partial charge on any atom is -0.394 e. The van der Waals surface area contributed by atoms with Crippen LogP contribution in [0, 0.1) is 0 Å². The molecule has 0 aromatic rings. The molecule has 0 aliphatic rings. The normalized spacial score (nSPS) is 13.7. The first-order valence-electron chi connectivity index (χ1n) is 2.70. The van der Waals surface area contributed by atoms with E-state index in [-0.39, 0.29) is 12.0 Å². The Morgan fingerprint density at radius 2 is 2.22 bits per heavy atom. The lowest BCUT2D eigenvalue weighted by Gasteiger charge is -2.04. The van der Waals surface area contributed by atoms with Gasteiger partial charge in [-0.1, -0.05) is 0 Å². The summed E-state index contributed by atoms with van der Waals surface area (Å²) in [5, 5.41) is 8.11. The van der Waals surface area contributed by atoms with Crippen molar-refractivity contribution in [2.24, 2.45) is 0 Å². The van der Waals surface area contributed by atoms with Gasteiger partial charge in [0, 0.05) is 5.88 Å². The topological polar surface area (TPSA) is 29.5 Å². The summed E-state index contributed by atoms with van der Waals surface area (Å²) in [7, 11) is 0. The second kappa shape index (κ2) is 6.62. The number of hydrogen-bond acceptors (Lipinski definition) is 2. The van der Waals surface area contributed by atoms with Crippen molar-refractivity contribution in [2.75, 3.05) is 25.7 Å². The minimum atomic E-state index is -0.141. The lowest BCUT2D eigenvalue weighted by molar-refractivity contribution is 0.0945. The molecule has 0 aromatic heterocycles. The van der Waals surface area contributed by atoms with E-state index in [2.05, 4.69) is 0 Å². The van der Waals surface area contributed by atoms with Gasteiger partial charge in [0.25, 0.3) is 0 Å². The minimum absolute atomic E-state index is 0.0336. The van der Waals surface area contributed by atoms with Crippen LogP contribution in [0.2, 0.25) is 0 Å². The number of aliphatic hydroxyl groups excluding tert-OH is 1. The highest BCUT2D eigenvalue weighted by Crippen LogP contribution is 1.98. The first-order chi connectivity index (χ1) is 4.31. The SMILES string of the molecule is OCCOCC(Cl)CCl. The molecule has 0 saturated heterocycles. The van der Waals surface area contributed by atoms with Gasteiger partial charge in [-0.2, -0.15) is 0 Å². The fourth-order valence-corrected chi connectivity index (χ4v) is 0.498. The molecule has 0 aliphatic heterocycles. The van der Waals surface area contributed by atoms with E-state index in [1.807, 2.05) is 0 Å². The van der Waals surface area contributed by atoms with Crippen LogP contribution < -0.4 is 0 Å². The fraction of sp³-hybridized carbons (Fsp3) is 1.00. The zero-order valence-electron chi connectivity index (χ0n) is 5.02. The van der Waals surface area contributed by atoms with Gasteiger partial charge in [-0.15, -0.1) is 23.2 Å². The Balaban J connectivity index is 2.88. The number of rotatable bonds is 5. The molecule has 56 valence electrons. The molecule has 9 heavy (non-hydrogen) atoms. The maximum atomic E-state index is 8.25. The number of hydrogen-bond donors (Lipinski definition) is 1. The molecule has 0 saturated carbocycles. The number of ether oxygens (including phenoxy) is 1. The Morgan fingerprint density at radius 3 is 2.67 bits per heavy atom. The van der Waals surface area contributed by atoms with Gasteiger partial charge in [-0.3, -0.25) is 0 Å². The van der Waals surface area contributed by atoms with Crippen molar-refractivity contribution in [1.82, 2.24) is 0 Å². The zero-order valence-corrected chi connectivity index (χ0v) is 6.53. The maximum absolute atomic E-state index is 8.25. The van der Waals surface area contributed by atoms with E-state index < -0.39 is 0 Å². The van der Waals surface area contributed by atoms with Crippen molar-refractivity contribution < 1.29 is 9.84 Å². The van der Waals surface area contributed by atoms with Gasteiger partial charge < -0.3 is 9.84 Å². The average Bonchev–Trinajstić information content (AvgIpc) is 1.89. The average molecular weight is 173 g/mol. The lowest BCUT2D eigenvalue weighted by atomic mass is 10.5. The van der Waals surface area contributed by atoms with Crippen LogP contribution in [0.1, 0.15) is 0 Å². The van der Waals surface area contributed by atoms with E-state index in [0.717, 1.165) is 0 Å². The quantitative estimate of drug-likeness (QED) is 0.493. The summed E-state index contributed by atoms with van der Waals surface area (Å²) in [4.78, 5) is 0. The maximum Gasteiger partial charge on any atom is 0.0704 e. The summed E-state index contributed by atoms with van der Waals surface area (Å²) in [6, 6.07) is 0. The van der Waals surface area contributed by atoms with Crippen molar-refractivity contribution in [3.8, 4) is 0 Å². The molecule has 0 amide bonds. The fourth-order valence-electron chi connectivity index (χ4n) is 0.320. The molecule has 0 aromatic carbocycles. The Morgan fingerprint density at radius 1 is 1.56 bits per heavy atom. The highest BCUT2D eigenvalue weighted by molar-refractivity contribution is 6.28. The van der Waals surface area contributed by atoms with Crippen molar-refractivity contribution in [2.45, 2.75) is 5.38 Å². The number of alkyl halides is 2. The van der Waals surface area contributed by atoms with Gasteiger partial charge in [0.15, 0.2) is 0 Å². The second-order valence-corrected chi connectivity index (χ2v) is 2.48. The molecular formula is C5H10Cl2O2. The molecular weight excluding hydrogens is 163 g/mol. The van der Waals surface area contributed by atoms with Gasteiger partial charge in [-0.05, 0) is 0 Å². The molecule has 0 radical (unpaired) electrons. The highest BCUT2D eigenvalue weighted by Gasteiger charge is 2.00. The Kier molecular flexibility index (Phi) is 6.99. The van der Waals surface area contributed by atoms with E-state index >= 15 is 0 Å². The van der Waals surface area contributed by atoms with Crippen molar-refractivity contribution in [3.63, 3.8) is 0 Å². The molecule has 4 heteroatoms. The van der Waals surface area contributed by atoms with Crippen LogP contribution in [0.25, 0.3) is 0 Å². The van der Waals surface area contributed by atoms with Gasteiger partial charge in [-0.25, -0.2) is 0 Å². The molecule has 0 aliphatic carbocycles. The third-order valence-electron chi connectivity index (χ3n) is 0.702. The van der Waals surface area contributed by atoms with Crippen molar-refractivity contribution in [3.05, 3.63) is 0 Å². The van der Waals surface area contributed by atoms with Crippen LogP contribution in [0.5, 0.6) is 0 Å². The Labute approximate surface area is 64.7 Å². The highest BCUT2D eigenvalue weighted by atomic mass is 35.5. The van der Waals surface area contributed by atoms with Crippen molar-refractivity contribution >= 4 is 23.2 Å². The van der Waals surface area contributed by atoms with Crippen LogP contribution >= 0.6 is 23.2 Å². The predicted molar refractivity (Wildman–Crippen MR) is 38.3 cm³/mol. The molecule has 1 N–H and O–H groups in total. The van der Waals surface area contributed by atoms with E-state index in [0.29, 0.717) is 19.1 Å². The van der Waals surface area contributed by atoms with E-state index in [4.69, 9.17) is 33.0 Å². The largest absolute Gasteiger partial charge is 0.394 e. The van der Waals surface area contributed by atoms with Crippen LogP contribution in [0.15, 0.2) is 0 Å². The molecule has 1 unspecified atom stereocenters. The third-order valence-corrected chi connectivity index (χ3v) is 1.51. The van der Waals surface area contributed by atoms with Crippen LogP contribution in [0.4, 0.5) is 0 Å². The number of halogens is 2. The monoisotopic (exact) mass is 172 g/mol. The molecule has 0 heterocycles. The number of aliphatic hydroxyl groups is 1. The summed E-state index contributed by atoms with van der Waals surface area (Å²) >= 11 is 10.9. The lowest BCUT2D eigenvalue weighted by Crippen LogP contribution is -2.12. The van der Waals surface area contributed by atoms with Crippen LogP contribution in [0.3, 0.4) is 0 Å². The van der Waals surface area contributed by atoms with Gasteiger partial charge in [0.1, 0.15) is 0 Å². The summed E-state index contributed by atoms with van der Waals surface area (Å²) in [5.74, 6) is 0.382. The van der Waals surface area contributed by atoms with E-state index in [1.54, 1.807) is 0 Å². The molecule has 0 bridgehead atoms. The summed E-state index contributed by atoms with van der Waals surface area (Å²) < 4.78 is 4.87. The summed E-state index contributed by atoms with van der Waals surface area (Å²) in [6.07, 6.45) is 0. The Bertz CT molecular complexity index is 60.9. The second-order valence-electron chi connectivity index (χ2n) is 1.55. The molecule has 0 rings (SSSR count). The summed E-state index contributed by atoms with van der Waals surface area (Å²) in [5.41, 5.74) is 0. The first kappa shape index (κ1) is 9.50. The third kappa shape index (κ3) is 6.38. The molecule has 0 fully saturated rings. The van der Waals surface area contributed by atoms with Gasteiger partial charge >= 0.3 is 0 Å². The Hall–Kier alpha value is 0.500. The molecule has 2 nitrogen and oxygen atoms in total. The van der Waals surface area contributed by atoms with Crippen molar-refractivity contribution in [1.29, 1.82) is 0 Å². The smallest absolute Gasteiger partial charge is 0.0704 e. The standard InChI is InChI=1S/C5H10Cl2O2/c6-3-5(7)4-9-2-1-8/h5,8H,1-4H2. The van der Waals surface area contributed by atoms with Crippen LogP contribution in [-0.2, 0) is 4.74 Å². The van der Waals surface area contributed by atoms with E-state index in [1.165, 1.54) is 0 Å². The molecule has 0 spiro atoms. The molecule has 1 atom stereocenters. The van der Waals surface area contributed by atoms with Gasteiger partial charge in [0.05, 0.1) is 25.2 Å². The van der Waals surface area contributed by atoms with Crippen LogP contribution in [-0.4, -0.2) is 36.2 Å². The summed E-state index contributed by atoms with van der Waals surface area (Å²) in [6.45, 7) is 0.775. The first-order valence-corrected chi connectivity index (χ1v) is 3.67. The van der Waals surface area contributed by atoms with E-state index in [9.17, 15) is 0 Å². The zero-order chi connectivity index (χ0) is 7.11. The van der Waals surface area contributed by atoms with Gasteiger partial charge in [0.2, 0.25) is 0 Å².